The number of hydrogen-bond donors (Lipinski definition) is 2. The van der Waals surface area contributed by atoms with E-state index in [1.807, 2.05) is 0 Å². The highest BCUT2D eigenvalue weighted by Gasteiger charge is 2.14. The van der Waals surface area contributed by atoms with Crippen molar-refractivity contribution in [1.82, 2.24) is 0 Å². The van der Waals surface area contributed by atoms with Gasteiger partial charge in [0.1, 0.15) is 6.04 Å². The molecule has 12 heavy (non-hydrogen) atoms. The van der Waals surface area contributed by atoms with Gasteiger partial charge in [0.25, 0.3) is 0 Å². The first kappa shape index (κ1) is 13.5. The number of carboxylic acid groups (broad SMARTS) is 1. The van der Waals surface area contributed by atoms with Gasteiger partial charge in [0, 0.05) is 0 Å². The minimum Gasteiger partial charge on any atom is -0.480 e. The summed E-state index contributed by atoms with van der Waals surface area (Å²) in [6, 6.07) is -0.713. The third-order valence-electron chi connectivity index (χ3n) is 1.17. The molecule has 0 saturated carbocycles. The van der Waals surface area contributed by atoms with Gasteiger partial charge >= 0.3 is 5.97 Å². The Kier molecular flexibility index (Phi) is 9.01. The van der Waals surface area contributed by atoms with Crippen molar-refractivity contribution in [3.05, 3.63) is 25.3 Å². The maximum Gasteiger partial charge on any atom is 0.320 e. The third kappa shape index (κ3) is 8.91. The molecule has 0 aromatic rings. The minimum absolute atomic E-state index is 0.0208. The normalized spacial score (nSPS) is 11.0. The Morgan fingerprint density at radius 3 is 1.75 bits per heavy atom. The van der Waals surface area contributed by atoms with Gasteiger partial charge in [-0.3, -0.25) is 4.79 Å². The van der Waals surface area contributed by atoms with E-state index in [2.05, 4.69) is 13.2 Å². The number of carboxylic acids is 1. The number of nitrogens with two attached hydrogens (primary N) is 1. The standard InChI is InChI=1S/C5H11NO2.C4H6/c1-3(2)4(6)5(7)8;1-3-4-2/h3-4H,6H2,1-2H3,(H,7,8);3-4H,1-2H2/t4-;/m0./s1. The number of allylic oxidation sites excluding steroid dienone is 2. The molecule has 0 saturated heterocycles. The van der Waals surface area contributed by atoms with Gasteiger partial charge in [-0.15, -0.1) is 0 Å². The van der Waals surface area contributed by atoms with Crippen LogP contribution in [0.15, 0.2) is 25.3 Å². The van der Waals surface area contributed by atoms with Crippen molar-refractivity contribution in [2.75, 3.05) is 0 Å². The van der Waals surface area contributed by atoms with Crippen LogP contribution in [0.5, 0.6) is 0 Å². The van der Waals surface area contributed by atoms with Gasteiger partial charge in [0.05, 0.1) is 0 Å². The summed E-state index contributed by atoms with van der Waals surface area (Å²) in [5.41, 5.74) is 5.16. The summed E-state index contributed by atoms with van der Waals surface area (Å²) in [5, 5.41) is 8.23. The van der Waals surface area contributed by atoms with E-state index in [-0.39, 0.29) is 5.92 Å². The summed E-state index contributed by atoms with van der Waals surface area (Å²) in [6.45, 7) is 10.3. The van der Waals surface area contributed by atoms with E-state index >= 15 is 0 Å². The maximum atomic E-state index is 10.0. The van der Waals surface area contributed by atoms with E-state index in [4.69, 9.17) is 10.8 Å². The summed E-state index contributed by atoms with van der Waals surface area (Å²) in [4.78, 5) is 10.0. The van der Waals surface area contributed by atoms with Crippen LogP contribution in [-0.4, -0.2) is 17.1 Å². The molecule has 0 aromatic heterocycles. The van der Waals surface area contributed by atoms with Crippen LogP contribution in [0.4, 0.5) is 0 Å². The van der Waals surface area contributed by atoms with Crippen LogP contribution in [0.3, 0.4) is 0 Å². The molecule has 1 atom stereocenters. The van der Waals surface area contributed by atoms with Crippen molar-refractivity contribution in [2.45, 2.75) is 19.9 Å². The lowest BCUT2D eigenvalue weighted by Gasteiger charge is -2.07. The molecule has 0 aliphatic rings. The van der Waals surface area contributed by atoms with Crippen LogP contribution in [-0.2, 0) is 4.79 Å². The molecule has 0 spiro atoms. The molecule has 3 heteroatoms. The largest absolute Gasteiger partial charge is 0.480 e. The fourth-order valence-corrected chi connectivity index (χ4v) is 0.285. The van der Waals surface area contributed by atoms with Crippen molar-refractivity contribution >= 4 is 5.97 Å². The SMILES string of the molecule is C=CC=C.CC(C)[C@H](N)C(=O)O. The Hall–Kier alpha value is -1.09. The first-order chi connectivity index (χ1) is 5.47. The van der Waals surface area contributed by atoms with Crippen LogP contribution >= 0.6 is 0 Å². The molecule has 0 fully saturated rings. The van der Waals surface area contributed by atoms with Crippen molar-refractivity contribution in [1.29, 1.82) is 0 Å². The highest BCUT2D eigenvalue weighted by atomic mass is 16.4. The Morgan fingerprint density at radius 1 is 1.42 bits per heavy atom. The fraction of sp³-hybridized carbons (Fsp3) is 0.444. The molecule has 3 nitrogen and oxygen atoms in total. The lowest BCUT2D eigenvalue weighted by Crippen LogP contribution is -2.34. The number of carbonyl (C=O) groups is 1. The number of rotatable bonds is 3. The molecule has 70 valence electrons. The summed E-state index contributed by atoms with van der Waals surface area (Å²) in [6.07, 6.45) is 3.28. The predicted molar refractivity (Wildman–Crippen MR) is 50.8 cm³/mol. The molecule has 0 radical (unpaired) electrons. The van der Waals surface area contributed by atoms with E-state index in [1.54, 1.807) is 26.0 Å². The summed E-state index contributed by atoms with van der Waals surface area (Å²) in [7, 11) is 0. The summed E-state index contributed by atoms with van der Waals surface area (Å²) in [5.74, 6) is -0.910. The van der Waals surface area contributed by atoms with Gasteiger partial charge in [-0.1, -0.05) is 39.2 Å². The van der Waals surface area contributed by atoms with Crippen LogP contribution in [0.25, 0.3) is 0 Å². The molecule has 0 unspecified atom stereocenters. The second kappa shape index (κ2) is 8.01. The quantitative estimate of drug-likeness (QED) is 0.631. The average Bonchev–Trinajstić information content (AvgIpc) is 2.03. The van der Waals surface area contributed by atoms with Gasteiger partial charge in [0.15, 0.2) is 0 Å². The zero-order valence-corrected chi connectivity index (χ0v) is 7.66. The highest BCUT2D eigenvalue weighted by Crippen LogP contribution is 1.96. The molecule has 3 N–H and O–H groups in total. The second-order valence-electron chi connectivity index (χ2n) is 2.58. The van der Waals surface area contributed by atoms with E-state index in [0.29, 0.717) is 0 Å². The van der Waals surface area contributed by atoms with Crippen LogP contribution in [0.2, 0.25) is 0 Å². The Balaban J connectivity index is 0. The Morgan fingerprint density at radius 2 is 1.75 bits per heavy atom. The zero-order valence-electron chi connectivity index (χ0n) is 7.66. The minimum atomic E-state index is -0.931. The van der Waals surface area contributed by atoms with Crippen LogP contribution in [0, 0.1) is 5.92 Å². The van der Waals surface area contributed by atoms with Crippen molar-refractivity contribution in [2.24, 2.45) is 11.7 Å². The molecule has 0 aliphatic carbocycles. The van der Waals surface area contributed by atoms with Gasteiger partial charge in [-0.25, -0.2) is 0 Å². The smallest absolute Gasteiger partial charge is 0.320 e. The fourth-order valence-electron chi connectivity index (χ4n) is 0.285. The van der Waals surface area contributed by atoms with Crippen molar-refractivity contribution in [3.63, 3.8) is 0 Å². The second-order valence-corrected chi connectivity index (χ2v) is 2.58. The van der Waals surface area contributed by atoms with Gasteiger partial charge in [-0.2, -0.15) is 0 Å². The lowest BCUT2D eigenvalue weighted by molar-refractivity contribution is -0.139. The van der Waals surface area contributed by atoms with Gasteiger partial charge < -0.3 is 10.8 Å². The lowest BCUT2D eigenvalue weighted by atomic mass is 10.1. The molecule has 0 amide bonds. The number of aliphatic carboxylic acids is 1. The molecule has 0 heterocycles. The third-order valence-corrected chi connectivity index (χ3v) is 1.17. The van der Waals surface area contributed by atoms with Crippen molar-refractivity contribution in [3.8, 4) is 0 Å². The van der Waals surface area contributed by atoms with E-state index < -0.39 is 12.0 Å². The molecule has 0 aliphatic heterocycles. The summed E-state index contributed by atoms with van der Waals surface area (Å²) < 4.78 is 0. The zero-order chi connectivity index (χ0) is 10.1. The van der Waals surface area contributed by atoms with E-state index in [1.165, 1.54) is 0 Å². The predicted octanol–water partition coefficient (Wildman–Crippen LogP) is 1.41. The molecule has 0 bridgehead atoms. The van der Waals surface area contributed by atoms with E-state index in [0.717, 1.165) is 0 Å². The highest BCUT2D eigenvalue weighted by molar-refractivity contribution is 5.73. The first-order valence-corrected chi connectivity index (χ1v) is 3.69. The molecule has 0 rings (SSSR count). The van der Waals surface area contributed by atoms with Crippen molar-refractivity contribution < 1.29 is 9.90 Å². The first-order valence-electron chi connectivity index (χ1n) is 3.69. The van der Waals surface area contributed by atoms with Crippen LogP contribution in [0.1, 0.15) is 13.8 Å². The summed E-state index contributed by atoms with van der Waals surface area (Å²) >= 11 is 0. The number of hydrogen-bond acceptors (Lipinski definition) is 2. The molecule has 0 aromatic carbocycles. The molecular formula is C9H17NO2. The maximum absolute atomic E-state index is 10.0. The Labute approximate surface area is 73.6 Å². The van der Waals surface area contributed by atoms with Gasteiger partial charge in [0.2, 0.25) is 0 Å². The van der Waals surface area contributed by atoms with Gasteiger partial charge in [-0.05, 0) is 5.92 Å². The van der Waals surface area contributed by atoms with Crippen LogP contribution < -0.4 is 5.73 Å². The van der Waals surface area contributed by atoms with E-state index in [9.17, 15) is 4.79 Å². The molecular weight excluding hydrogens is 154 g/mol. The topological polar surface area (TPSA) is 63.3 Å². The monoisotopic (exact) mass is 171 g/mol. The average molecular weight is 171 g/mol. The Bertz CT molecular complexity index is 147.